The van der Waals surface area contributed by atoms with Crippen molar-refractivity contribution < 1.29 is 4.42 Å². The van der Waals surface area contributed by atoms with Gasteiger partial charge in [-0.05, 0) is 74.3 Å². The second-order valence-corrected chi connectivity index (χ2v) is 21.3. The molecule has 324 valence electrons. The van der Waals surface area contributed by atoms with Crippen molar-refractivity contribution in [1.29, 1.82) is 0 Å². The van der Waals surface area contributed by atoms with Crippen LogP contribution in [0.3, 0.4) is 0 Å². The molecule has 3 heterocycles. The number of aromatic nitrogens is 4. The first-order valence-corrected chi connectivity index (χ1v) is 25.3. The van der Waals surface area contributed by atoms with Crippen molar-refractivity contribution >= 4 is 72.6 Å². The summed E-state index contributed by atoms with van der Waals surface area (Å²) in [7, 11) is -2.88. The lowest BCUT2D eigenvalue weighted by atomic mass is 9.98. The van der Waals surface area contributed by atoms with E-state index >= 15 is 0 Å². The second-order valence-electron chi connectivity index (χ2n) is 17.5. The molecule has 0 aliphatic heterocycles. The standard InChI is InChI=1S/C63H42N4OSi/c1-4-24-46(25-5-1)69(47-26-6-2-7-27-47,48-28-8-3-9-29-48)49-30-19-23-45(42-49)62-64-61(44-22-18-21-43(41-44)50-35-20-40-59-60(50)54-34-13-17-39-58(54)68-59)65-63(66-62)53-33-12-16-38-57(53)67-55-36-14-10-31-51(55)52-32-11-15-37-56(52)67/h1-42H. The summed E-state index contributed by atoms with van der Waals surface area (Å²) in [6, 6.07) is 90.8. The van der Waals surface area contributed by atoms with Crippen molar-refractivity contribution in [1.82, 2.24) is 19.5 Å². The molecule has 10 aromatic carbocycles. The topological polar surface area (TPSA) is 56.7 Å². The molecular weight excluding hydrogens is 857 g/mol. The van der Waals surface area contributed by atoms with E-state index in [0.29, 0.717) is 17.5 Å². The average molecular weight is 899 g/mol. The van der Waals surface area contributed by atoms with Gasteiger partial charge in [0, 0.05) is 38.2 Å². The van der Waals surface area contributed by atoms with E-state index in [1.807, 2.05) is 18.2 Å². The van der Waals surface area contributed by atoms with Crippen molar-refractivity contribution in [3.05, 3.63) is 255 Å². The number of benzene rings is 10. The molecule has 0 amide bonds. The van der Waals surface area contributed by atoms with Gasteiger partial charge in [-0.15, -0.1) is 0 Å². The van der Waals surface area contributed by atoms with E-state index in [2.05, 4.69) is 241 Å². The summed E-state index contributed by atoms with van der Waals surface area (Å²) in [5, 5.41) is 9.69. The van der Waals surface area contributed by atoms with Crippen molar-refractivity contribution in [2.24, 2.45) is 0 Å². The van der Waals surface area contributed by atoms with Gasteiger partial charge in [0.1, 0.15) is 11.2 Å². The minimum atomic E-state index is -2.88. The van der Waals surface area contributed by atoms with Gasteiger partial charge in [-0.2, -0.15) is 0 Å². The Balaban J connectivity index is 1.05. The number of furan rings is 1. The van der Waals surface area contributed by atoms with Crippen LogP contribution in [0.4, 0.5) is 0 Å². The van der Waals surface area contributed by atoms with Gasteiger partial charge in [-0.3, -0.25) is 0 Å². The SMILES string of the molecule is c1ccc([Si](c2ccccc2)(c2ccccc2)c2cccc(-c3nc(-c4cccc(-c5cccc6oc7ccccc7c56)c4)nc(-c4ccccc4-n4c5ccccc5c5ccccc54)n3)c2)cc1. The summed E-state index contributed by atoms with van der Waals surface area (Å²) in [5.41, 5.74) is 9.77. The molecule has 0 saturated heterocycles. The summed E-state index contributed by atoms with van der Waals surface area (Å²) >= 11 is 0. The summed E-state index contributed by atoms with van der Waals surface area (Å²) in [6.45, 7) is 0. The summed E-state index contributed by atoms with van der Waals surface area (Å²) < 4.78 is 8.69. The van der Waals surface area contributed by atoms with Crippen LogP contribution in [-0.2, 0) is 0 Å². The minimum absolute atomic E-state index is 0.584. The lowest BCUT2D eigenvalue weighted by Gasteiger charge is -2.34. The lowest BCUT2D eigenvalue weighted by molar-refractivity contribution is 0.669. The fraction of sp³-hybridized carbons (Fsp3) is 0. The van der Waals surface area contributed by atoms with E-state index in [9.17, 15) is 0 Å². The van der Waals surface area contributed by atoms with Crippen LogP contribution in [-0.4, -0.2) is 27.6 Å². The highest BCUT2D eigenvalue weighted by Crippen LogP contribution is 2.39. The first kappa shape index (κ1) is 40.3. The Hall–Kier alpha value is -8.97. The van der Waals surface area contributed by atoms with Crippen LogP contribution in [0.2, 0.25) is 0 Å². The molecule has 0 unspecified atom stereocenters. The van der Waals surface area contributed by atoms with E-state index in [0.717, 1.165) is 66.5 Å². The van der Waals surface area contributed by atoms with Crippen molar-refractivity contribution in [2.75, 3.05) is 0 Å². The summed E-state index contributed by atoms with van der Waals surface area (Å²) in [5.74, 6) is 1.77. The predicted octanol–water partition coefficient (Wildman–Crippen LogP) is 12.9. The third-order valence-electron chi connectivity index (χ3n) is 13.6. The Morgan fingerprint density at radius 2 is 0.768 bits per heavy atom. The van der Waals surface area contributed by atoms with Crippen LogP contribution in [0, 0.1) is 0 Å². The van der Waals surface area contributed by atoms with E-state index in [-0.39, 0.29) is 0 Å². The van der Waals surface area contributed by atoms with Gasteiger partial charge in [0.2, 0.25) is 0 Å². The van der Waals surface area contributed by atoms with Gasteiger partial charge in [0.05, 0.1) is 16.7 Å². The number of rotatable bonds is 9. The van der Waals surface area contributed by atoms with Gasteiger partial charge in [-0.25, -0.2) is 15.0 Å². The molecule has 13 rings (SSSR count). The fourth-order valence-electron chi connectivity index (χ4n) is 10.6. The molecule has 0 N–H and O–H groups in total. The molecule has 0 atom stereocenters. The maximum Gasteiger partial charge on any atom is 0.179 e. The van der Waals surface area contributed by atoms with Crippen LogP contribution in [0.5, 0.6) is 0 Å². The fourth-order valence-corrected chi connectivity index (χ4v) is 15.4. The Morgan fingerprint density at radius 1 is 0.319 bits per heavy atom. The van der Waals surface area contributed by atoms with Gasteiger partial charge in [0.15, 0.2) is 25.5 Å². The Bertz CT molecular complexity index is 3880. The molecule has 0 radical (unpaired) electrons. The van der Waals surface area contributed by atoms with Crippen LogP contribution in [0.1, 0.15) is 0 Å². The second kappa shape index (κ2) is 16.7. The van der Waals surface area contributed by atoms with E-state index in [1.54, 1.807) is 0 Å². The average Bonchev–Trinajstić information content (AvgIpc) is 3.98. The lowest BCUT2D eigenvalue weighted by Crippen LogP contribution is -2.74. The molecule has 0 spiro atoms. The van der Waals surface area contributed by atoms with Crippen molar-refractivity contribution in [2.45, 2.75) is 0 Å². The molecule has 3 aromatic heterocycles. The first-order chi connectivity index (χ1) is 34.2. The highest BCUT2D eigenvalue weighted by atomic mass is 28.3. The van der Waals surface area contributed by atoms with Crippen molar-refractivity contribution in [3.8, 4) is 51.0 Å². The summed E-state index contributed by atoms with van der Waals surface area (Å²) in [6.07, 6.45) is 0. The molecule has 13 aromatic rings. The van der Waals surface area contributed by atoms with E-state index in [4.69, 9.17) is 19.4 Å². The van der Waals surface area contributed by atoms with E-state index in [1.165, 1.54) is 31.5 Å². The van der Waals surface area contributed by atoms with E-state index < -0.39 is 8.07 Å². The highest BCUT2D eigenvalue weighted by Gasteiger charge is 2.41. The quantitative estimate of drug-likeness (QED) is 0.107. The molecule has 0 fully saturated rings. The number of hydrogen-bond acceptors (Lipinski definition) is 4. The largest absolute Gasteiger partial charge is 0.456 e. The normalized spacial score (nSPS) is 11.8. The number of nitrogens with zero attached hydrogens (tertiary/aromatic N) is 4. The molecule has 69 heavy (non-hydrogen) atoms. The molecule has 5 nitrogen and oxygen atoms in total. The third kappa shape index (κ3) is 6.72. The zero-order valence-electron chi connectivity index (χ0n) is 37.4. The maximum absolute atomic E-state index is 6.34. The minimum Gasteiger partial charge on any atom is -0.456 e. The van der Waals surface area contributed by atoms with Crippen LogP contribution < -0.4 is 20.7 Å². The van der Waals surface area contributed by atoms with Crippen LogP contribution in [0.15, 0.2) is 259 Å². The van der Waals surface area contributed by atoms with Gasteiger partial charge in [-0.1, -0.05) is 212 Å². The van der Waals surface area contributed by atoms with Gasteiger partial charge >= 0.3 is 0 Å². The number of para-hydroxylation sites is 4. The van der Waals surface area contributed by atoms with Crippen LogP contribution >= 0.6 is 0 Å². The van der Waals surface area contributed by atoms with Gasteiger partial charge in [0.25, 0.3) is 0 Å². The van der Waals surface area contributed by atoms with Crippen molar-refractivity contribution in [3.63, 3.8) is 0 Å². The molecule has 0 bridgehead atoms. The Labute approximate surface area is 400 Å². The zero-order chi connectivity index (χ0) is 45.7. The predicted molar refractivity (Wildman–Crippen MR) is 287 cm³/mol. The maximum atomic E-state index is 6.34. The molecular formula is C63H42N4OSi. The first-order valence-electron chi connectivity index (χ1n) is 23.3. The van der Waals surface area contributed by atoms with Gasteiger partial charge < -0.3 is 8.98 Å². The monoisotopic (exact) mass is 898 g/mol. The molecule has 0 aliphatic carbocycles. The smallest absolute Gasteiger partial charge is 0.179 e. The molecule has 6 heteroatoms. The highest BCUT2D eigenvalue weighted by molar-refractivity contribution is 7.19. The molecule has 0 aliphatic rings. The number of hydrogen-bond donors (Lipinski definition) is 0. The molecule has 0 saturated carbocycles. The number of fused-ring (bicyclic) bond motifs is 6. The zero-order valence-corrected chi connectivity index (χ0v) is 38.4. The Morgan fingerprint density at radius 3 is 1.42 bits per heavy atom. The van der Waals surface area contributed by atoms with Crippen LogP contribution in [0.25, 0.3) is 94.7 Å². The summed E-state index contributed by atoms with van der Waals surface area (Å²) in [4.78, 5) is 16.4. The third-order valence-corrected chi connectivity index (χ3v) is 18.4. The Kier molecular flexibility index (Phi) is 9.77.